The lowest BCUT2D eigenvalue weighted by atomic mass is 9.82. The first kappa shape index (κ1) is 19.9. The summed E-state index contributed by atoms with van der Waals surface area (Å²) in [6.07, 6.45) is 2.28. The third kappa shape index (κ3) is 4.03. The summed E-state index contributed by atoms with van der Waals surface area (Å²) in [6, 6.07) is 5.93. The first-order valence-corrected chi connectivity index (χ1v) is 9.54. The average Bonchev–Trinajstić information content (AvgIpc) is 3.12. The lowest BCUT2D eigenvalue weighted by molar-refractivity contribution is -0.121. The predicted octanol–water partition coefficient (Wildman–Crippen LogP) is 3.43. The maximum atomic E-state index is 12.5. The zero-order chi connectivity index (χ0) is 20.5. The van der Waals surface area contributed by atoms with E-state index in [0.29, 0.717) is 17.3 Å². The molecule has 0 fully saturated rings. The Hall–Kier alpha value is -2.83. The third-order valence-corrected chi connectivity index (χ3v) is 5.06. The van der Waals surface area contributed by atoms with Crippen LogP contribution < -0.4 is 15.0 Å². The molecular formula is C21H27N3O4. The Labute approximate surface area is 165 Å². The number of benzene rings is 1. The maximum absolute atomic E-state index is 12.5. The molecule has 3 rings (SSSR count). The second-order valence-electron chi connectivity index (χ2n) is 7.94. The van der Waals surface area contributed by atoms with Crippen LogP contribution in [0.3, 0.4) is 0 Å². The molecule has 7 nitrogen and oxygen atoms in total. The fourth-order valence-corrected chi connectivity index (χ4v) is 2.96. The summed E-state index contributed by atoms with van der Waals surface area (Å²) in [6.45, 7) is 10.3. The summed E-state index contributed by atoms with van der Waals surface area (Å²) in [4.78, 5) is 30.4. The molecular weight excluding hydrogens is 358 g/mol. The first-order chi connectivity index (χ1) is 13.2. The molecule has 0 radical (unpaired) electrons. The van der Waals surface area contributed by atoms with Gasteiger partial charge in [-0.3, -0.25) is 14.5 Å². The zero-order valence-electron chi connectivity index (χ0n) is 17.0. The van der Waals surface area contributed by atoms with E-state index in [1.54, 1.807) is 4.90 Å². The van der Waals surface area contributed by atoms with Crippen molar-refractivity contribution < 1.29 is 18.7 Å². The molecule has 0 atom stereocenters. The van der Waals surface area contributed by atoms with E-state index in [0.717, 1.165) is 12.0 Å². The number of hydrogen-bond donors (Lipinski definition) is 1. The van der Waals surface area contributed by atoms with Crippen molar-refractivity contribution in [1.29, 1.82) is 0 Å². The van der Waals surface area contributed by atoms with Crippen molar-refractivity contribution in [2.24, 2.45) is 0 Å². The van der Waals surface area contributed by atoms with Gasteiger partial charge >= 0.3 is 0 Å². The molecule has 1 N–H and O–H groups in total. The van der Waals surface area contributed by atoms with Gasteiger partial charge in [-0.1, -0.05) is 26.8 Å². The molecule has 7 heteroatoms. The molecule has 0 spiro atoms. The van der Waals surface area contributed by atoms with E-state index in [9.17, 15) is 9.59 Å². The van der Waals surface area contributed by atoms with E-state index in [2.05, 4.69) is 31.1 Å². The van der Waals surface area contributed by atoms with Crippen molar-refractivity contribution in [3.8, 4) is 5.75 Å². The monoisotopic (exact) mass is 385 g/mol. The highest BCUT2D eigenvalue weighted by molar-refractivity contribution is 5.98. The van der Waals surface area contributed by atoms with Crippen molar-refractivity contribution in [2.75, 3.05) is 11.5 Å². The fraction of sp³-hybridized carbons (Fsp3) is 0.476. The van der Waals surface area contributed by atoms with Crippen LogP contribution in [-0.2, 0) is 16.8 Å². The number of anilines is 1. The summed E-state index contributed by atoms with van der Waals surface area (Å²) < 4.78 is 11.0. The molecule has 2 aromatic rings. The number of nitrogens with zero attached hydrogens (tertiary/aromatic N) is 2. The molecule has 0 unspecified atom stereocenters. The second-order valence-corrected chi connectivity index (χ2v) is 7.94. The highest BCUT2D eigenvalue weighted by Crippen LogP contribution is 2.38. The molecule has 2 heterocycles. The lowest BCUT2D eigenvalue weighted by Crippen LogP contribution is -2.38. The molecule has 150 valence electrons. The van der Waals surface area contributed by atoms with E-state index in [1.807, 2.05) is 32.0 Å². The third-order valence-electron chi connectivity index (χ3n) is 5.06. The number of rotatable bonds is 6. The van der Waals surface area contributed by atoms with Crippen LogP contribution in [-0.4, -0.2) is 29.4 Å². The average molecular weight is 385 g/mol. The number of fused-ring (bicyclic) bond motifs is 1. The molecule has 1 aliphatic heterocycles. The van der Waals surface area contributed by atoms with Crippen LogP contribution in [0.1, 0.15) is 63.0 Å². The topological polar surface area (TPSA) is 84.7 Å². The Morgan fingerprint density at radius 2 is 2.11 bits per heavy atom. The maximum Gasteiger partial charge on any atom is 0.273 e. The summed E-state index contributed by atoms with van der Waals surface area (Å²) in [5.41, 5.74) is 2.00. The summed E-state index contributed by atoms with van der Waals surface area (Å²) in [5.74, 6) is 0.478. The minimum absolute atomic E-state index is 0.000638. The number of carbonyl (C=O) groups is 2. The van der Waals surface area contributed by atoms with Gasteiger partial charge in [0.2, 0.25) is 5.89 Å². The van der Waals surface area contributed by atoms with E-state index in [1.165, 1.54) is 6.26 Å². The molecule has 0 saturated carbocycles. The standard InChI is InChI=1S/C21H27N3O4/c1-6-21(4,5)14-7-8-17-16(9-14)24(19(25)12-27-17)10-18-23-15(11-28-18)20(26)22-13(2)3/h7-9,11,13H,6,10,12H2,1-5H3,(H,22,26). The Balaban J connectivity index is 1.87. The SMILES string of the molecule is CCC(C)(C)c1ccc2c(c1)N(Cc1nc(C(=O)NC(C)C)co1)C(=O)CO2. The van der Waals surface area contributed by atoms with Crippen LogP contribution in [0, 0.1) is 0 Å². The first-order valence-electron chi connectivity index (χ1n) is 9.54. The molecule has 28 heavy (non-hydrogen) atoms. The van der Waals surface area contributed by atoms with Gasteiger partial charge in [0.15, 0.2) is 12.3 Å². The van der Waals surface area contributed by atoms with Crippen LogP contribution in [0.15, 0.2) is 28.9 Å². The van der Waals surface area contributed by atoms with E-state index in [-0.39, 0.29) is 42.1 Å². The largest absolute Gasteiger partial charge is 0.482 e. The van der Waals surface area contributed by atoms with E-state index < -0.39 is 0 Å². The van der Waals surface area contributed by atoms with Crippen molar-refractivity contribution in [3.63, 3.8) is 0 Å². The molecule has 0 saturated heterocycles. The predicted molar refractivity (Wildman–Crippen MR) is 106 cm³/mol. The highest BCUT2D eigenvalue weighted by atomic mass is 16.5. The summed E-state index contributed by atoms with van der Waals surface area (Å²) in [7, 11) is 0. The van der Waals surface area contributed by atoms with Crippen LogP contribution in [0.25, 0.3) is 0 Å². The number of amides is 2. The number of hydrogen-bond acceptors (Lipinski definition) is 5. The van der Waals surface area contributed by atoms with Crippen LogP contribution in [0.4, 0.5) is 5.69 Å². The van der Waals surface area contributed by atoms with E-state index >= 15 is 0 Å². The van der Waals surface area contributed by atoms with Crippen molar-refractivity contribution in [3.05, 3.63) is 41.6 Å². The number of ether oxygens (including phenoxy) is 1. The molecule has 2 amide bonds. The minimum Gasteiger partial charge on any atom is -0.482 e. The zero-order valence-corrected chi connectivity index (χ0v) is 17.0. The van der Waals surface area contributed by atoms with Crippen LogP contribution >= 0.6 is 0 Å². The van der Waals surface area contributed by atoms with Gasteiger partial charge in [-0.15, -0.1) is 0 Å². The smallest absolute Gasteiger partial charge is 0.273 e. The quantitative estimate of drug-likeness (QED) is 0.823. The van der Waals surface area contributed by atoms with Gasteiger partial charge in [0.05, 0.1) is 5.69 Å². The number of nitrogens with one attached hydrogen (secondary N) is 1. The second kappa shape index (κ2) is 7.66. The number of carbonyl (C=O) groups excluding carboxylic acids is 2. The van der Waals surface area contributed by atoms with Crippen molar-refractivity contribution in [1.82, 2.24) is 10.3 Å². The van der Waals surface area contributed by atoms with Gasteiger partial charge < -0.3 is 14.5 Å². The van der Waals surface area contributed by atoms with Crippen LogP contribution in [0.5, 0.6) is 5.75 Å². The Morgan fingerprint density at radius 3 is 2.79 bits per heavy atom. The van der Waals surface area contributed by atoms with Gasteiger partial charge in [-0.25, -0.2) is 4.98 Å². The Bertz CT molecular complexity index is 886. The number of oxazole rings is 1. The highest BCUT2D eigenvalue weighted by Gasteiger charge is 2.29. The van der Waals surface area contributed by atoms with Gasteiger partial charge in [0, 0.05) is 6.04 Å². The number of aromatic nitrogens is 1. The molecule has 1 aromatic carbocycles. The van der Waals surface area contributed by atoms with Gasteiger partial charge in [0.1, 0.15) is 18.6 Å². The molecule has 0 aliphatic carbocycles. The molecule has 1 aromatic heterocycles. The van der Waals surface area contributed by atoms with Crippen LogP contribution in [0.2, 0.25) is 0 Å². The van der Waals surface area contributed by atoms with Gasteiger partial charge in [-0.05, 0) is 43.4 Å². The van der Waals surface area contributed by atoms with Gasteiger partial charge in [0.25, 0.3) is 11.8 Å². The molecule has 0 bridgehead atoms. The Kier molecular flexibility index (Phi) is 5.45. The lowest BCUT2D eigenvalue weighted by Gasteiger charge is -2.31. The summed E-state index contributed by atoms with van der Waals surface area (Å²) >= 11 is 0. The van der Waals surface area contributed by atoms with E-state index in [4.69, 9.17) is 9.15 Å². The minimum atomic E-state index is -0.300. The fourth-order valence-electron chi connectivity index (χ4n) is 2.96. The van der Waals surface area contributed by atoms with Gasteiger partial charge in [-0.2, -0.15) is 0 Å². The van der Waals surface area contributed by atoms with Crippen molar-refractivity contribution in [2.45, 2.75) is 59.0 Å². The summed E-state index contributed by atoms with van der Waals surface area (Å²) in [5, 5.41) is 2.77. The normalized spacial score (nSPS) is 14.1. The van der Waals surface area contributed by atoms with Crippen molar-refractivity contribution >= 4 is 17.5 Å². The molecule has 1 aliphatic rings. The Morgan fingerprint density at radius 1 is 1.36 bits per heavy atom.